The Balaban J connectivity index is 1.71. The van der Waals surface area contributed by atoms with E-state index >= 15 is 0 Å². The number of rotatable bonds is 2. The predicted octanol–water partition coefficient (Wildman–Crippen LogP) is 4.57. The first-order valence-corrected chi connectivity index (χ1v) is 7.81. The van der Waals surface area contributed by atoms with E-state index in [9.17, 15) is 0 Å². The van der Waals surface area contributed by atoms with Crippen LogP contribution in [0.1, 0.15) is 42.4 Å². The summed E-state index contributed by atoms with van der Waals surface area (Å²) < 4.78 is 0. The topological polar surface area (TPSA) is 26.0 Å². The fraction of sp³-hybridized carbons (Fsp3) is 0.368. The summed E-state index contributed by atoms with van der Waals surface area (Å²) in [5.41, 5.74) is 14.4. The molecule has 0 spiro atoms. The Hall–Kier alpha value is -1.76. The number of nitrogen functional groups attached to an aromatic ring is 1. The molecule has 0 bridgehead atoms. The van der Waals surface area contributed by atoms with Crippen molar-refractivity contribution in [2.75, 3.05) is 5.73 Å². The van der Waals surface area contributed by atoms with Crippen molar-refractivity contribution in [1.82, 2.24) is 0 Å². The molecule has 0 heterocycles. The van der Waals surface area contributed by atoms with E-state index in [0.717, 1.165) is 18.0 Å². The Morgan fingerprint density at radius 1 is 0.950 bits per heavy atom. The maximum atomic E-state index is 6.49. The van der Waals surface area contributed by atoms with Gasteiger partial charge in [0.05, 0.1) is 0 Å². The van der Waals surface area contributed by atoms with Crippen LogP contribution in [0.3, 0.4) is 0 Å². The second-order valence-electron chi connectivity index (χ2n) is 6.35. The average Bonchev–Trinajstić information content (AvgIpc) is 3.09. The Kier molecular flexibility index (Phi) is 2.80. The fourth-order valence-electron chi connectivity index (χ4n) is 3.99. The number of benzene rings is 2. The zero-order chi connectivity index (χ0) is 13.5. The van der Waals surface area contributed by atoms with E-state index in [2.05, 4.69) is 36.4 Å². The first kappa shape index (κ1) is 12.0. The van der Waals surface area contributed by atoms with Crippen LogP contribution in [0, 0.1) is 5.92 Å². The van der Waals surface area contributed by atoms with E-state index in [1.54, 1.807) is 0 Å². The molecule has 4 rings (SSSR count). The second kappa shape index (κ2) is 4.66. The molecule has 0 aromatic heterocycles. The van der Waals surface area contributed by atoms with Crippen molar-refractivity contribution in [2.45, 2.75) is 38.5 Å². The third-order valence-electron chi connectivity index (χ3n) is 5.11. The predicted molar refractivity (Wildman–Crippen MR) is 84.8 cm³/mol. The van der Waals surface area contributed by atoms with Gasteiger partial charge in [0.2, 0.25) is 0 Å². The van der Waals surface area contributed by atoms with Gasteiger partial charge in [0, 0.05) is 12.1 Å². The summed E-state index contributed by atoms with van der Waals surface area (Å²) >= 11 is 0. The molecule has 1 nitrogen and oxygen atoms in total. The third-order valence-corrected chi connectivity index (χ3v) is 5.11. The second-order valence-corrected chi connectivity index (χ2v) is 6.35. The minimum Gasteiger partial charge on any atom is -0.398 e. The maximum Gasteiger partial charge on any atom is 0.0388 e. The van der Waals surface area contributed by atoms with Crippen LogP contribution >= 0.6 is 0 Å². The number of anilines is 1. The highest BCUT2D eigenvalue weighted by Crippen LogP contribution is 2.41. The van der Waals surface area contributed by atoms with Gasteiger partial charge in [-0.1, -0.05) is 62.1 Å². The fourth-order valence-corrected chi connectivity index (χ4v) is 3.99. The molecular formula is C19H21N. The summed E-state index contributed by atoms with van der Waals surface area (Å²) in [6.07, 6.45) is 7.76. The largest absolute Gasteiger partial charge is 0.398 e. The van der Waals surface area contributed by atoms with E-state index in [1.165, 1.54) is 59.9 Å². The van der Waals surface area contributed by atoms with Crippen molar-refractivity contribution in [2.24, 2.45) is 5.92 Å². The summed E-state index contributed by atoms with van der Waals surface area (Å²) in [5.74, 6) is 0.860. The molecule has 2 N–H and O–H groups in total. The molecule has 2 aromatic rings. The van der Waals surface area contributed by atoms with Gasteiger partial charge < -0.3 is 5.73 Å². The molecule has 0 saturated heterocycles. The molecule has 0 amide bonds. The average molecular weight is 263 g/mol. The summed E-state index contributed by atoms with van der Waals surface area (Å²) in [6.45, 7) is 0. The molecule has 2 aromatic carbocycles. The quantitative estimate of drug-likeness (QED) is 0.673. The molecule has 0 radical (unpaired) electrons. The Morgan fingerprint density at radius 2 is 1.75 bits per heavy atom. The lowest BCUT2D eigenvalue weighted by Gasteiger charge is -2.14. The van der Waals surface area contributed by atoms with E-state index in [-0.39, 0.29) is 0 Å². The highest BCUT2D eigenvalue weighted by Gasteiger charge is 2.23. The molecule has 0 atom stereocenters. The van der Waals surface area contributed by atoms with Crippen LogP contribution in [-0.4, -0.2) is 0 Å². The van der Waals surface area contributed by atoms with Gasteiger partial charge in [-0.2, -0.15) is 0 Å². The molecule has 0 unspecified atom stereocenters. The van der Waals surface area contributed by atoms with Crippen LogP contribution in [-0.2, 0) is 12.8 Å². The minimum absolute atomic E-state index is 0.860. The van der Waals surface area contributed by atoms with Crippen LogP contribution in [0.5, 0.6) is 0 Å². The van der Waals surface area contributed by atoms with Crippen molar-refractivity contribution in [3.05, 3.63) is 53.1 Å². The summed E-state index contributed by atoms with van der Waals surface area (Å²) in [5, 5.41) is 0. The normalized spacial score (nSPS) is 17.2. The molecule has 102 valence electrons. The number of fused-ring (bicyclic) bond motifs is 3. The lowest BCUT2D eigenvalue weighted by Crippen LogP contribution is -2.04. The van der Waals surface area contributed by atoms with Gasteiger partial charge >= 0.3 is 0 Å². The van der Waals surface area contributed by atoms with Crippen molar-refractivity contribution < 1.29 is 0 Å². The number of nitrogens with two attached hydrogens (primary N) is 1. The molecule has 2 aliphatic rings. The standard InChI is InChI=1S/C19H21N/c20-19-15(11-13-5-1-2-6-13)9-10-17-16-8-4-3-7-14(16)12-18(17)19/h3-4,7-10,13H,1-2,5-6,11-12,20H2. The SMILES string of the molecule is Nc1c(CC2CCCC2)ccc2c1Cc1ccccc1-2. The van der Waals surface area contributed by atoms with Crippen LogP contribution in [0.2, 0.25) is 0 Å². The lowest BCUT2D eigenvalue weighted by atomic mass is 9.93. The lowest BCUT2D eigenvalue weighted by molar-refractivity contribution is 0.547. The van der Waals surface area contributed by atoms with Crippen molar-refractivity contribution in [3.8, 4) is 11.1 Å². The first-order chi connectivity index (χ1) is 9.83. The molecule has 0 aliphatic heterocycles. The summed E-state index contributed by atoms with van der Waals surface area (Å²) in [7, 11) is 0. The van der Waals surface area contributed by atoms with E-state index in [4.69, 9.17) is 5.73 Å². The van der Waals surface area contributed by atoms with E-state index in [1.807, 2.05) is 0 Å². The highest BCUT2D eigenvalue weighted by molar-refractivity contribution is 5.82. The van der Waals surface area contributed by atoms with Gasteiger partial charge in [0.15, 0.2) is 0 Å². The molecule has 1 fully saturated rings. The van der Waals surface area contributed by atoms with E-state index in [0.29, 0.717) is 0 Å². The van der Waals surface area contributed by atoms with Crippen LogP contribution in [0.4, 0.5) is 5.69 Å². The van der Waals surface area contributed by atoms with Crippen molar-refractivity contribution in [3.63, 3.8) is 0 Å². The van der Waals surface area contributed by atoms with Crippen LogP contribution in [0.15, 0.2) is 36.4 Å². The van der Waals surface area contributed by atoms with Gasteiger partial charge in [-0.25, -0.2) is 0 Å². The van der Waals surface area contributed by atoms with Gasteiger partial charge in [0.25, 0.3) is 0 Å². The third kappa shape index (κ3) is 1.84. The minimum atomic E-state index is 0.860. The van der Waals surface area contributed by atoms with Gasteiger partial charge in [0.1, 0.15) is 0 Å². The summed E-state index contributed by atoms with van der Waals surface area (Å²) in [4.78, 5) is 0. The van der Waals surface area contributed by atoms with Gasteiger partial charge in [-0.3, -0.25) is 0 Å². The highest BCUT2D eigenvalue weighted by atomic mass is 14.6. The molecule has 2 aliphatic carbocycles. The van der Waals surface area contributed by atoms with Gasteiger partial charge in [-0.15, -0.1) is 0 Å². The molecule has 1 heteroatoms. The van der Waals surface area contributed by atoms with E-state index < -0.39 is 0 Å². The van der Waals surface area contributed by atoms with Crippen molar-refractivity contribution in [1.29, 1.82) is 0 Å². The molecule has 20 heavy (non-hydrogen) atoms. The van der Waals surface area contributed by atoms with Crippen LogP contribution in [0.25, 0.3) is 11.1 Å². The van der Waals surface area contributed by atoms with Crippen LogP contribution < -0.4 is 5.73 Å². The molecular weight excluding hydrogens is 242 g/mol. The Bertz CT molecular complexity index is 651. The number of hydrogen-bond donors (Lipinski definition) is 1. The first-order valence-electron chi connectivity index (χ1n) is 7.81. The Morgan fingerprint density at radius 3 is 2.60 bits per heavy atom. The zero-order valence-electron chi connectivity index (χ0n) is 11.9. The Labute approximate surface area is 120 Å². The monoisotopic (exact) mass is 263 g/mol. The molecule has 1 saturated carbocycles. The maximum absolute atomic E-state index is 6.49. The summed E-state index contributed by atoms with van der Waals surface area (Å²) in [6, 6.07) is 13.3. The number of hydrogen-bond acceptors (Lipinski definition) is 1. The zero-order valence-corrected chi connectivity index (χ0v) is 11.9. The van der Waals surface area contributed by atoms with Gasteiger partial charge in [-0.05, 0) is 40.2 Å². The smallest absolute Gasteiger partial charge is 0.0388 e. The van der Waals surface area contributed by atoms with Crippen molar-refractivity contribution >= 4 is 5.69 Å².